The van der Waals surface area contributed by atoms with Gasteiger partial charge in [0.15, 0.2) is 9.84 Å². The number of carbonyl (C=O) groups is 1. The predicted molar refractivity (Wildman–Crippen MR) is 58.1 cm³/mol. The molecule has 0 aromatic rings. The van der Waals surface area contributed by atoms with Gasteiger partial charge in [0.25, 0.3) is 0 Å². The van der Waals surface area contributed by atoms with E-state index in [4.69, 9.17) is 5.73 Å². The van der Waals surface area contributed by atoms with Crippen LogP contribution in [0.3, 0.4) is 0 Å². The fraction of sp³-hybridized carbons (Fsp3) is 0.889. The van der Waals surface area contributed by atoms with Gasteiger partial charge in [-0.1, -0.05) is 6.92 Å². The number of sulfone groups is 1. The second kappa shape index (κ2) is 4.94. The zero-order chi connectivity index (χ0) is 11.5. The first kappa shape index (κ1) is 12.4. The molecule has 1 amide bonds. The molecule has 5 nitrogen and oxygen atoms in total. The smallest absolute Gasteiger partial charge is 0.237 e. The minimum absolute atomic E-state index is 0.00262. The van der Waals surface area contributed by atoms with Crippen molar-refractivity contribution in [2.75, 3.05) is 24.6 Å². The van der Waals surface area contributed by atoms with Crippen molar-refractivity contribution in [3.05, 3.63) is 0 Å². The van der Waals surface area contributed by atoms with E-state index in [1.165, 1.54) is 4.90 Å². The Morgan fingerprint density at radius 3 is 2.67 bits per heavy atom. The maximum absolute atomic E-state index is 11.6. The standard InChI is InChI=1S/C9H18N2O3S/c1-2-5-15(13,14)7-9(12)11-4-3-8(10)6-11/h8H,2-7,10H2,1H3/t8-/m1/s1. The van der Waals surface area contributed by atoms with Crippen molar-refractivity contribution >= 4 is 15.7 Å². The molecule has 1 atom stereocenters. The molecule has 1 fully saturated rings. The highest BCUT2D eigenvalue weighted by Gasteiger charge is 2.26. The monoisotopic (exact) mass is 234 g/mol. The maximum Gasteiger partial charge on any atom is 0.237 e. The Labute approximate surface area is 90.5 Å². The maximum atomic E-state index is 11.6. The molecule has 1 rings (SSSR count). The number of hydrogen-bond acceptors (Lipinski definition) is 4. The lowest BCUT2D eigenvalue weighted by atomic mass is 10.3. The van der Waals surface area contributed by atoms with Crippen molar-refractivity contribution in [2.24, 2.45) is 5.73 Å². The molecule has 2 N–H and O–H groups in total. The fourth-order valence-corrected chi connectivity index (χ4v) is 3.00. The second-order valence-electron chi connectivity index (χ2n) is 3.98. The summed E-state index contributed by atoms with van der Waals surface area (Å²) in [6, 6.07) is 0.00262. The van der Waals surface area contributed by atoms with Gasteiger partial charge in [0.2, 0.25) is 5.91 Å². The molecular formula is C9H18N2O3S. The molecule has 1 aliphatic rings. The van der Waals surface area contributed by atoms with E-state index in [-0.39, 0.29) is 23.5 Å². The quantitative estimate of drug-likeness (QED) is 0.702. The molecule has 0 spiro atoms. The molecule has 1 aliphatic heterocycles. The molecular weight excluding hydrogens is 216 g/mol. The Bertz CT molecular complexity index is 326. The number of likely N-dealkylation sites (tertiary alicyclic amines) is 1. The Balaban J connectivity index is 2.49. The molecule has 0 radical (unpaired) electrons. The number of nitrogens with two attached hydrogens (primary N) is 1. The summed E-state index contributed by atoms with van der Waals surface area (Å²) >= 11 is 0. The van der Waals surface area contributed by atoms with Crippen LogP contribution in [0.25, 0.3) is 0 Å². The third-order valence-electron chi connectivity index (χ3n) is 2.44. The largest absolute Gasteiger partial charge is 0.340 e. The van der Waals surface area contributed by atoms with Crippen molar-refractivity contribution in [3.8, 4) is 0 Å². The fourth-order valence-electron chi connectivity index (χ4n) is 1.68. The van der Waals surface area contributed by atoms with E-state index in [2.05, 4.69) is 0 Å². The third kappa shape index (κ3) is 3.79. The Morgan fingerprint density at radius 1 is 1.53 bits per heavy atom. The molecule has 0 aliphatic carbocycles. The Hall–Kier alpha value is -0.620. The van der Waals surface area contributed by atoms with Crippen LogP contribution < -0.4 is 5.73 Å². The van der Waals surface area contributed by atoms with Crippen molar-refractivity contribution < 1.29 is 13.2 Å². The number of amides is 1. The Morgan fingerprint density at radius 2 is 2.20 bits per heavy atom. The van der Waals surface area contributed by atoms with Gasteiger partial charge < -0.3 is 10.6 Å². The van der Waals surface area contributed by atoms with E-state index < -0.39 is 9.84 Å². The van der Waals surface area contributed by atoms with Crippen LogP contribution in [0, 0.1) is 0 Å². The van der Waals surface area contributed by atoms with Crippen LogP contribution in [0.4, 0.5) is 0 Å². The number of nitrogens with zero attached hydrogens (tertiary/aromatic N) is 1. The van der Waals surface area contributed by atoms with Gasteiger partial charge in [-0.25, -0.2) is 8.42 Å². The summed E-state index contributed by atoms with van der Waals surface area (Å²) in [6.45, 7) is 2.86. The third-order valence-corrected chi connectivity index (χ3v) is 4.15. The summed E-state index contributed by atoms with van der Waals surface area (Å²) in [4.78, 5) is 13.1. The number of carbonyl (C=O) groups excluding carboxylic acids is 1. The van der Waals surface area contributed by atoms with Gasteiger partial charge in [-0.15, -0.1) is 0 Å². The first-order valence-corrected chi connectivity index (χ1v) is 7.00. The average Bonchev–Trinajstić information content (AvgIpc) is 2.50. The van der Waals surface area contributed by atoms with E-state index in [9.17, 15) is 13.2 Å². The first-order chi connectivity index (χ1) is 6.94. The molecule has 0 unspecified atom stereocenters. The summed E-state index contributed by atoms with van der Waals surface area (Å²) in [5.74, 6) is -0.594. The highest BCUT2D eigenvalue weighted by molar-refractivity contribution is 7.92. The topological polar surface area (TPSA) is 80.5 Å². The van der Waals surface area contributed by atoms with E-state index >= 15 is 0 Å². The summed E-state index contributed by atoms with van der Waals surface area (Å²) < 4.78 is 22.8. The molecule has 88 valence electrons. The minimum Gasteiger partial charge on any atom is -0.340 e. The first-order valence-electron chi connectivity index (χ1n) is 5.18. The van der Waals surface area contributed by atoms with Crippen LogP contribution in [-0.2, 0) is 14.6 Å². The Kier molecular flexibility index (Phi) is 4.10. The average molecular weight is 234 g/mol. The van der Waals surface area contributed by atoms with Gasteiger partial charge in [-0.3, -0.25) is 4.79 Å². The highest BCUT2D eigenvalue weighted by atomic mass is 32.2. The van der Waals surface area contributed by atoms with Crippen molar-refractivity contribution in [1.29, 1.82) is 0 Å². The summed E-state index contributed by atoms with van der Waals surface area (Å²) in [5.41, 5.74) is 5.64. The van der Waals surface area contributed by atoms with Crippen LogP contribution in [0.1, 0.15) is 19.8 Å². The van der Waals surface area contributed by atoms with Gasteiger partial charge in [-0.05, 0) is 12.8 Å². The molecule has 15 heavy (non-hydrogen) atoms. The predicted octanol–water partition coefficient (Wildman–Crippen LogP) is -0.629. The summed E-state index contributed by atoms with van der Waals surface area (Å²) in [6.07, 6.45) is 1.31. The lowest BCUT2D eigenvalue weighted by Crippen LogP contribution is -2.36. The molecule has 1 heterocycles. The van der Waals surface area contributed by atoms with Gasteiger partial charge in [-0.2, -0.15) is 0 Å². The minimum atomic E-state index is -3.22. The zero-order valence-corrected chi connectivity index (χ0v) is 9.79. The van der Waals surface area contributed by atoms with E-state index in [0.29, 0.717) is 19.5 Å². The van der Waals surface area contributed by atoms with Crippen LogP contribution in [0.15, 0.2) is 0 Å². The van der Waals surface area contributed by atoms with Crippen LogP contribution >= 0.6 is 0 Å². The van der Waals surface area contributed by atoms with Crippen molar-refractivity contribution in [2.45, 2.75) is 25.8 Å². The lowest BCUT2D eigenvalue weighted by Gasteiger charge is -2.15. The molecule has 0 bridgehead atoms. The number of hydrogen-bond donors (Lipinski definition) is 1. The number of rotatable bonds is 4. The highest BCUT2D eigenvalue weighted by Crippen LogP contribution is 2.08. The van der Waals surface area contributed by atoms with Crippen LogP contribution in [0.2, 0.25) is 0 Å². The second-order valence-corrected chi connectivity index (χ2v) is 6.16. The van der Waals surface area contributed by atoms with E-state index in [0.717, 1.165) is 6.42 Å². The molecule has 0 aromatic carbocycles. The van der Waals surface area contributed by atoms with Gasteiger partial charge in [0.1, 0.15) is 5.75 Å². The van der Waals surface area contributed by atoms with Crippen LogP contribution in [0.5, 0.6) is 0 Å². The summed E-state index contributed by atoms with van der Waals surface area (Å²) in [7, 11) is -3.22. The molecule has 0 saturated carbocycles. The van der Waals surface area contributed by atoms with E-state index in [1.807, 2.05) is 0 Å². The molecule has 0 aromatic heterocycles. The normalized spacial score (nSPS) is 22.0. The molecule has 1 saturated heterocycles. The van der Waals surface area contributed by atoms with E-state index in [1.54, 1.807) is 6.92 Å². The zero-order valence-electron chi connectivity index (χ0n) is 8.98. The van der Waals surface area contributed by atoms with Crippen molar-refractivity contribution in [3.63, 3.8) is 0 Å². The summed E-state index contributed by atoms with van der Waals surface area (Å²) in [5, 5.41) is 0. The van der Waals surface area contributed by atoms with Gasteiger partial charge >= 0.3 is 0 Å². The van der Waals surface area contributed by atoms with Gasteiger partial charge in [0.05, 0.1) is 5.75 Å². The lowest BCUT2D eigenvalue weighted by molar-refractivity contribution is -0.127. The molecule has 6 heteroatoms. The van der Waals surface area contributed by atoms with Gasteiger partial charge in [0, 0.05) is 19.1 Å². The van der Waals surface area contributed by atoms with Crippen LogP contribution in [-0.4, -0.2) is 49.9 Å². The SMILES string of the molecule is CCCS(=O)(=O)CC(=O)N1CC[C@@H](N)C1. The van der Waals surface area contributed by atoms with Crippen molar-refractivity contribution in [1.82, 2.24) is 4.90 Å².